The number of anilines is 1. The molecule has 0 aliphatic carbocycles. The molecule has 0 fully saturated rings. The molecule has 2 aromatic carbocycles. The molecular formula is C30H30BrN7O6. The monoisotopic (exact) mass is 663 g/mol. The zero-order chi connectivity index (χ0) is 31.4. The van der Waals surface area contributed by atoms with E-state index in [4.69, 9.17) is 33.5 Å². The molecule has 14 heteroatoms. The maximum absolute atomic E-state index is 6.00. The Balaban J connectivity index is 0.000000175. The van der Waals surface area contributed by atoms with Gasteiger partial charge in [-0.05, 0) is 78.3 Å². The van der Waals surface area contributed by atoms with Crippen molar-refractivity contribution in [1.29, 1.82) is 0 Å². The zero-order valence-corrected chi connectivity index (χ0v) is 26.4. The minimum Gasteiger partial charge on any atom is -0.494 e. The molecule has 4 aromatic heterocycles. The molecule has 6 aromatic rings. The Morgan fingerprint density at radius 2 is 1.00 bits per heavy atom. The summed E-state index contributed by atoms with van der Waals surface area (Å²) >= 11 is 3.42. The summed E-state index contributed by atoms with van der Waals surface area (Å²) in [4.78, 5) is 0. The van der Waals surface area contributed by atoms with Gasteiger partial charge in [0.15, 0.2) is 11.5 Å². The Kier molecular flexibility index (Phi) is 8.90. The van der Waals surface area contributed by atoms with Crippen molar-refractivity contribution in [3.05, 3.63) is 76.9 Å². The molecule has 0 aliphatic rings. The molecule has 0 aliphatic heterocycles. The highest BCUT2D eigenvalue weighted by atomic mass is 79.9. The number of hydrogen-bond acceptors (Lipinski definition) is 11. The highest BCUT2D eigenvalue weighted by molar-refractivity contribution is 9.10. The van der Waals surface area contributed by atoms with E-state index >= 15 is 0 Å². The Hall–Kier alpha value is -5.24. The van der Waals surface area contributed by atoms with Crippen molar-refractivity contribution in [2.75, 3.05) is 34.2 Å². The molecule has 0 atom stereocenters. The summed E-state index contributed by atoms with van der Waals surface area (Å²) in [6.45, 7) is 3.74. The number of rotatable bonds is 8. The smallest absolute Gasteiger partial charge is 0.227 e. The molecule has 0 unspecified atom stereocenters. The summed E-state index contributed by atoms with van der Waals surface area (Å²) in [5, 5.41) is 16.3. The molecule has 2 N–H and O–H groups in total. The molecule has 6 rings (SSSR count). The second-order valence-electron chi connectivity index (χ2n) is 9.19. The van der Waals surface area contributed by atoms with Gasteiger partial charge in [0, 0.05) is 0 Å². The number of aryl methyl sites for hydroxylation is 2. The van der Waals surface area contributed by atoms with Gasteiger partial charge in [0.1, 0.15) is 45.9 Å². The van der Waals surface area contributed by atoms with Crippen molar-refractivity contribution in [3.8, 4) is 57.5 Å². The maximum Gasteiger partial charge on any atom is 0.227 e. The summed E-state index contributed by atoms with van der Waals surface area (Å²) in [5.74, 6) is 6.48. The van der Waals surface area contributed by atoms with Gasteiger partial charge in [0.2, 0.25) is 22.3 Å². The lowest BCUT2D eigenvalue weighted by atomic mass is 10.2. The van der Waals surface area contributed by atoms with E-state index in [1.54, 1.807) is 37.6 Å². The van der Waals surface area contributed by atoms with Gasteiger partial charge in [-0.15, -0.1) is 20.4 Å². The average Bonchev–Trinajstić information content (AvgIpc) is 3.84. The highest BCUT2D eigenvalue weighted by Crippen LogP contribution is 2.38. The van der Waals surface area contributed by atoms with Crippen LogP contribution in [0.25, 0.3) is 34.5 Å². The van der Waals surface area contributed by atoms with Crippen LogP contribution in [0.3, 0.4) is 0 Å². The lowest BCUT2D eigenvalue weighted by molar-refractivity contribution is 0.390. The number of benzene rings is 2. The van der Waals surface area contributed by atoms with Crippen molar-refractivity contribution in [2.45, 2.75) is 13.8 Å². The third-order valence-electron chi connectivity index (χ3n) is 6.48. The SMILES string of the molecule is COc1cccc(OC)c1-n1c(Br)nnc1-c1ccc(C)o1.COc1cccc(OC)c1-n1c(N)nnc1-c1ccc(C)o1. The standard InChI is InChI=1S/C15H14BrN3O3.C15H16N4O3/c2*1-9-7-8-12(22-9)14-17-18-15(16)19(14)13-10(20-2)5-4-6-11(13)21-3/h4-8H,1-3H3;4-8H,1-3H3,(H2,16,18). The van der Waals surface area contributed by atoms with E-state index in [-0.39, 0.29) is 5.95 Å². The molecule has 0 saturated heterocycles. The van der Waals surface area contributed by atoms with Crippen molar-refractivity contribution in [1.82, 2.24) is 29.5 Å². The minimum absolute atomic E-state index is 0.215. The molecule has 0 bridgehead atoms. The second-order valence-corrected chi connectivity index (χ2v) is 9.90. The number of aromatic nitrogens is 6. The van der Waals surface area contributed by atoms with Crippen LogP contribution in [-0.2, 0) is 0 Å². The average molecular weight is 665 g/mol. The summed E-state index contributed by atoms with van der Waals surface area (Å²) in [6.07, 6.45) is 0. The normalized spacial score (nSPS) is 10.7. The van der Waals surface area contributed by atoms with Crippen molar-refractivity contribution in [3.63, 3.8) is 0 Å². The first-order valence-corrected chi connectivity index (χ1v) is 14.0. The second kappa shape index (κ2) is 13.0. The first-order valence-electron chi connectivity index (χ1n) is 13.2. The predicted molar refractivity (Wildman–Crippen MR) is 166 cm³/mol. The zero-order valence-electron chi connectivity index (χ0n) is 24.9. The Morgan fingerprint density at radius 1 is 0.591 bits per heavy atom. The number of halogens is 1. The topological polar surface area (TPSA) is 151 Å². The van der Waals surface area contributed by atoms with Crippen LogP contribution in [0.1, 0.15) is 11.5 Å². The largest absolute Gasteiger partial charge is 0.494 e. The van der Waals surface area contributed by atoms with E-state index in [2.05, 4.69) is 36.3 Å². The number of ether oxygens (including phenoxy) is 4. The van der Waals surface area contributed by atoms with E-state index in [0.29, 0.717) is 62.3 Å². The highest BCUT2D eigenvalue weighted by Gasteiger charge is 2.24. The van der Waals surface area contributed by atoms with Crippen molar-refractivity contribution < 1.29 is 27.8 Å². The van der Waals surface area contributed by atoms with Crippen molar-refractivity contribution in [2.24, 2.45) is 0 Å². The molecule has 0 spiro atoms. The van der Waals surface area contributed by atoms with Gasteiger partial charge in [-0.25, -0.2) is 0 Å². The Morgan fingerprint density at radius 3 is 1.41 bits per heavy atom. The van der Waals surface area contributed by atoms with Crippen LogP contribution in [0.5, 0.6) is 23.0 Å². The van der Waals surface area contributed by atoms with Gasteiger partial charge in [-0.2, -0.15) is 0 Å². The number of furan rings is 2. The van der Waals surface area contributed by atoms with Crippen LogP contribution in [-0.4, -0.2) is 58.0 Å². The summed E-state index contributed by atoms with van der Waals surface area (Å²) in [7, 11) is 6.37. The molecule has 13 nitrogen and oxygen atoms in total. The first-order chi connectivity index (χ1) is 21.3. The molecule has 4 heterocycles. The Bertz CT molecular complexity index is 1710. The first kappa shape index (κ1) is 30.2. The van der Waals surface area contributed by atoms with Gasteiger partial charge >= 0.3 is 0 Å². The quantitative estimate of drug-likeness (QED) is 0.203. The fourth-order valence-corrected chi connectivity index (χ4v) is 4.94. The fourth-order valence-electron chi connectivity index (χ4n) is 4.51. The van der Waals surface area contributed by atoms with Gasteiger partial charge in [0.25, 0.3) is 0 Å². The molecule has 44 heavy (non-hydrogen) atoms. The van der Waals surface area contributed by atoms with E-state index in [9.17, 15) is 0 Å². The van der Waals surface area contributed by atoms with Crippen LogP contribution in [0.15, 0.2) is 74.2 Å². The van der Waals surface area contributed by atoms with E-state index in [1.807, 2.05) is 74.5 Å². The molecule has 0 amide bonds. The third kappa shape index (κ3) is 5.71. The molecule has 0 radical (unpaired) electrons. The number of nitrogen functional groups attached to an aromatic ring is 1. The molecular weight excluding hydrogens is 634 g/mol. The van der Waals surface area contributed by atoms with E-state index < -0.39 is 0 Å². The number of hydrogen-bond donors (Lipinski definition) is 1. The number of para-hydroxylation sites is 2. The summed E-state index contributed by atoms with van der Waals surface area (Å²) < 4.78 is 37.0. The molecule has 228 valence electrons. The van der Waals surface area contributed by atoms with Crippen LogP contribution in [0, 0.1) is 13.8 Å². The molecule has 0 saturated carbocycles. The van der Waals surface area contributed by atoms with E-state index in [0.717, 1.165) is 11.5 Å². The van der Waals surface area contributed by atoms with Crippen molar-refractivity contribution >= 4 is 21.9 Å². The van der Waals surface area contributed by atoms with Crippen LogP contribution < -0.4 is 24.7 Å². The maximum atomic E-state index is 6.00. The van der Waals surface area contributed by atoms with Gasteiger partial charge in [-0.1, -0.05) is 12.1 Å². The van der Waals surface area contributed by atoms with E-state index in [1.165, 1.54) is 0 Å². The third-order valence-corrected chi connectivity index (χ3v) is 7.00. The summed E-state index contributed by atoms with van der Waals surface area (Å²) in [5.41, 5.74) is 7.33. The lowest BCUT2D eigenvalue weighted by Crippen LogP contribution is -2.06. The lowest BCUT2D eigenvalue weighted by Gasteiger charge is -2.15. The Labute approximate surface area is 261 Å². The van der Waals surface area contributed by atoms with Crippen LogP contribution in [0.4, 0.5) is 5.95 Å². The number of nitrogens with two attached hydrogens (primary N) is 1. The van der Waals surface area contributed by atoms with Gasteiger partial charge in [0.05, 0.1) is 28.4 Å². The summed E-state index contributed by atoms with van der Waals surface area (Å²) in [6, 6.07) is 18.4. The number of methoxy groups -OCH3 is 4. The predicted octanol–water partition coefficient (Wildman–Crippen LogP) is 6.05. The number of nitrogens with zero attached hydrogens (tertiary/aromatic N) is 6. The van der Waals surface area contributed by atoms with Crippen LogP contribution >= 0.6 is 15.9 Å². The minimum atomic E-state index is 0.215. The fraction of sp³-hybridized carbons (Fsp3) is 0.200. The van der Waals surface area contributed by atoms with Gasteiger partial charge < -0.3 is 33.5 Å². The van der Waals surface area contributed by atoms with Crippen LogP contribution in [0.2, 0.25) is 0 Å². The van der Waals surface area contributed by atoms with Gasteiger partial charge in [-0.3, -0.25) is 9.13 Å².